The highest BCUT2D eigenvalue weighted by Gasteiger charge is 2.20. The summed E-state index contributed by atoms with van der Waals surface area (Å²) < 4.78 is 0. The molecule has 2 N–H and O–H groups in total. The lowest BCUT2D eigenvalue weighted by Gasteiger charge is -2.20. The molecule has 0 unspecified atom stereocenters. The Bertz CT molecular complexity index is 579. The molecule has 118 valence electrons. The Morgan fingerprint density at radius 3 is 2.09 bits per heavy atom. The number of nitriles is 1. The SMILES string of the molecule is CC(=O)N[C@H](C)C(=O)N[C@H](C#N)c1ccc(C(C)(C)C)cc1. The number of carbonyl (C=O) groups is 2. The largest absolute Gasteiger partial charge is 0.345 e. The normalized spacial score (nSPS) is 13.6. The molecule has 2 amide bonds. The van der Waals surface area contributed by atoms with E-state index in [1.54, 1.807) is 6.92 Å². The average Bonchev–Trinajstić information content (AvgIpc) is 2.43. The van der Waals surface area contributed by atoms with Crippen LogP contribution in [0.2, 0.25) is 0 Å². The fraction of sp³-hybridized carbons (Fsp3) is 0.471. The minimum atomic E-state index is -0.738. The van der Waals surface area contributed by atoms with E-state index >= 15 is 0 Å². The highest BCUT2D eigenvalue weighted by molar-refractivity contribution is 5.86. The van der Waals surface area contributed by atoms with E-state index in [1.807, 2.05) is 24.3 Å². The maximum atomic E-state index is 12.0. The van der Waals surface area contributed by atoms with Gasteiger partial charge in [0.2, 0.25) is 11.8 Å². The molecule has 0 radical (unpaired) electrons. The molecule has 0 heterocycles. The predicted molar refractivity (Wildman–Crippen MR) is 84.9 cm³/mol. The third-order valence-corrected chi connectivity index (χ3v) is 3.34. The Morgan fingerprint density at radius 2 is 1.68 bits per heavy atom. The summed E-state index contributed by atoms with van der Waals surface area (Å²) in [7, 11) is 0. The summed E-state index contributed by atoms with van der Waals surface area (Å²) in [4.78, 5) is 22.9. The molecule has 2 atom stereocenters. The van der Waals surface area contributed by atoms with E-state index in [-0.39, 0.29) is 17.2 Å². The van der Waals surface area contributed by atoms with E-state index in [0.717, 1.165) is 11.1 Å². The van der Waals surface area contributed by atoms with Crippen LogP contribution in [-0.2, 0) is 15.0 Å². The number of amides is 2. The van der Waals surface area contributed by atoms with Gasteiger partial charge in [-0.05, 0) is 23.5 Å². The van der Waals surface area contributed by atoms with Gasteiger partial charge in [0, 0.05) is 6.92 Å². The zero-order chi connectivity index (χ0) is 16.9. The van der Waals surface area contributed by atoms with Crippen LogP contribution in [0.3, 0.4) is 0 Å². The molecular formula is C17H23N3O2. The van der Waals surface area contributed by atoms with E-state index in [9.17, 15) is 14.9 Å². The van der Waals surface area contributed by atoms with Crippen molar-refractivity contribution in [3.63, 3.8) is 0 Å². The number of benzene rings is 1. The number of rotatable bonds is 4. The smallest absolute Gasteiger partial charge is 0.243 e. The van der Waals surface area contributed by atoms with Crippen LogP contribution in [0.25, 0.3) is 0 Å². The molecule has 1 aromatic carbocycles. The zero-order valence-corrected chi connectivity index (χ0v) is 13.7. The highest BCUT2D eigenvalue weighted by Crippen LogP contribution is 2.23. The molecule has 22 heavy (non-hydrogen) atoms. The van der Waals surface area contributed by atoms with Crippen LogP contribution in [0.15, 0.2) is 24.3 Å². The molecular weight excluding hydrogens is 278 g/mol. The number of nitrogens with zero attached hydrogens (tertiary/aromatic N) is 1. The zero-order valence-electron chi connectivity index (χ0n) is 13.7. The van der Waals surface area contributed by atoms with Crippen molar-refractivity contribution < 1.29 is 9.59 Å². The first-order chi connectivity index (χ1) is 10.1. The van der Waals surface area contributed by atoms with Crippen LogP contribution in [0.1, 0.15) is 51.8 Å². The van der Waals surface area contributed by atoms with Crippen LogP contribution in [0.5, 0.6) is 0 Å². The van der Waals surface area contributed by atoms with Gasteiger partial charge in [0.25, 0.3) is 0 Å². The Hall–Kier alpha value is -2.35. The van der Waals surface area contributed by atoms with Crippen molar-refractivity contribution in [2.24, 2.45) is 0 Å². The molecule has 0 aliphatic heterocycles. The fourth-order valence-electron chi connectivity index (χ4n) is 2.00. The van der Waals surface area contributed by atoms with Crippen molar-refractivity contribution in [2.75, 3.05) is 0 Å². The molecule has 1 rings (SSSR count). The second-order valence-corrected chi connectivity index (χ2v) is 6.36. The van der Waals surface area contributed by atoms with Crippen LogP contribution < -0.4 is 10.6 Å². The topological polar surface area (TPSA) is 82.0 Å². The van der Waals surface area contributed by atoms with Crippen molar-refractivity contribution in [2.45, 2.75) is 52.1 Å². The van der Waals surface area contributed by atoms with E-state index in [2.05, 4.69) is 37.5 Å². The number of nitrogens with one attached hydrogen (secondary N) is 2. The lowest BCUT2D eigenvalue weighted by atomic mass is 9.86. The van der Waals surface area contributed by atoms with Crippen molar-refractivity contribution >= 4 is 11.8 Å². The van der Waals surface area contributed by atoms with Crippen LogP contribution in [0, 0.1) is 11.3 Å². The summed E-state index contributed by atoms with van der Waals surface area (Å²) in [6, 6.07) is 8.27. The third kappa shape index (κ3) is 4.88. The van der Waals surface area contributed by atoms with Gasteiger partial charge in [-0.3, -0.25) is 9.59 Å². The van der Waals surface area contributed by atoms with Crippen molar-refractivity contribution in [1.82, 2.24) is 10.6 Å². The second kappa shape index (κ2) is 7.08. The van der Waals surface area contributed by atoms with Gasteiger partial charge in [0.1, 0.15) is 12.1 Å². The first-order valence-corrected chi connectivity index (χ1v) is 7.22. The summed E-state index contributed by atoms with van der Waals surface area (Å²) in [5, 5.41) is 14.4. The summed E-state index contributed by atoms with van der Waals surface area (Å²) in [5.74, 6) is -0.674. The van der Waals surface area contributed by atoms with E-state index in [1.165, 1.54) is 6.92 Å². The van der Waals surface area contributed by atoms with E-state index < -0.39 is 12.1 Å². The average molecular weight is 301 g/mol. The van der Waals surface area contributed by atoms with Gasteiger partial charge in [-0.2, -0.15) is 5.26 Å². The molecule has 0 saturated carbocycles. The Balaban J connectivity index is 2.83. The Kier molecular flexibility index (Phi) is 5.69. The number of carbonyl (C=O) groups excluding carboxylic acids is 2. The van der Waals surface area contributed by atoms with Gasteiger partial charge in [0.15, 0.2) is 0 Å². The summed E-state index contributed by atoms with van der Waals surface area (Å²) in [5.41, 5.74) is 1.91. The molecule has 0 spiro atoms. The van der Waals surface area contributed by atoms with Crippen LogP contribution in [0.4, 0.5) is 0 Å². The second-order valence-electron chi connectivity index (χ2n) is 6.36. The van der Waals surface area contributed by atoms with Gasteiger partial charge in [0.05, 0.1) is 6.07 Å². The number of hydrogen-bond acceptors (Lipinski definition) is 3. The molecule has 0 bridgehead atoms. The first kappa shape index (κ1) is 17.7. The quantitative estimate of drug-likeness (QED) is 0.894. The maximum absolute atomic E-state index is 12.0. The predicted octanol–water partition coefficient (Wildman–Crippen LogP) is 2.19. The summed E-state index contributed by atoms with van der Waals surface area (Å²) in [6.45, 7) is 9.26. The van der Waals surface area contributed by atoms with Gasteiger partial charge in [-0.15, -0.1) is 0 Å². The fourth-order valence-corrected chi connectivity index (χ4v) is 2.00. The van der Waals surface area contributed by atoms with Crippen molar-refractivity contribution in [1.29, 1.82) is 5.26 Å². The van der Waals surface area contributed by atoms with Crippen LogP contribution in [-0.4, -0.2) is 17.9 Å². The summed E-state index contributed by atoms with van der Waals surface area (Å²) in [6.07, 6.45) is 0. The maximum Gasteiger partial charge on any atom is 0.243 e. The molecule has 0 aliphatic rings. The molecule has 0 fully saturated rings. The molecule has 0 saturated heterocycles. The summed E-state index contributed by atoms with van der Waals surface area (Å²) >= 11 is 0. The molecule has 0 aliphatic carbocycles. The lowest BCUT2D eigenvalue weighted by molar-refractivity contribution is -0.127. The first-order valence-electron chi connectivity index (χ1n) is 7.22. The van der Waals surface area contributed by atoms with Gasteiger partial charge in [-0.25, -0.2) is 0 Å². The van der Waals surface area contributed by atoms with Crippen LogP contribution >= 0.6 is 0 Å². The Labute approximate surface area is 131 Å². The van der Waals surface area contributed by atoms with Crippen molar-refractivity contribution in [3.8, 4) is 6.07 Å². The molecule has 0 aromatic heterocycles. The highest BCUT2D eigenvalue weighted by atomic mass is 16.2. The van der Waals surface area contributed by atoms with E-state index in [0.29, 0.717) is 0 Å². The minimum absolute atomic E-state index is 0.0316. The van der Waals surface area contributed by atoms with Gasteiger partial charge >= 0.3 is 0 Å². The standard InChI is InChI=1S/C17H23N3O2/c1-11(19-12(2)21)16(22)20-15(10-18)13-6-8-14(9-7-13)17(3,4)5/h6-9,11,15H,1-5H3,(H,19,21)(H,20,22)/t11-,15-/m1/s1. The van der Waals surface area contributed by atoms with Gasteiger partial charge < -0.3 is 10.6 Å². The van der Waals surface area contributed by atoms with Crippen molar-refractivity contribution in [3.05, 3.63) is 35.4 Å². The lowest BCUT2D eigenvalue weighted by Crippen LogP contribution is -2.45. The van der Waals surface area contributed by atoms with Gasteiger partial charge in [-0.1, -0.05) is 45.0 Å². The van der Waals surface area contributed by atoms with E-state index in [4.69, 9.17) is 0 Å². The molecule has 5 heteroatoms. The third-order valence-electron chi connectivity index (χ3n) is 3.34. The number of hydrogen-bond donors (Lipinski definition) is 2. The Morgan fingerprint density at radius 1 is 1.14 bits per heavy atom. The molecule has 5 nitrogen and oxygen atoms in total. The monoisotopic (exact) mass is 301 g/mol. The molecule has 1 aromatic rings. The minimum Gasteiger partial charge on any atom is -0.345 e.